The summed E-state index contributed by atoms with van der Waals surface area (Å²) in [5, 5.41) is 4.81. The van der Waals surface area contributed by atoms with E-state index in [9.17, 15) is 13.2 Å². The first-order chi connectivity index (χ1) is 12.6. The Kier molecular flexibility index (Phi) is 4.79. The number of ether oxygens (including phenoxy) is 1. The summed E-state index contributed by atoms with van der Waals surface area (Å²) in [7, 11) is -4.39. The zero-order valence-corrected chi connectivity index (χ0v) is 16.2. The average Bonchev–Trinajstić information content (AvgIpc) is 3.06. The lowest BCUT2D eigenvalue weighted by atomic mass is 10.2. The number of nitrogens with zero attached hydrogens (tertiary/aromatic N) is 4. The number of carbonyl (C=O) groups is 1. The molecule has 1 amide bonds. The fourth-order valence-electron chi connectivity index (χ4n) is 2.23. The second-order valence-corrected chi connectivity index (χ2v) is 8.61. The van der Waals surface area contributed by atoms with Gasteiger partial charge in [0.05, 0.1) is 4.90 Å². The van der Waals surface area contributed by atoms with E-state index in [0.717, 1.165) is 6.39 Å². The van der Waals surface area contributed by atoms with Gasteiger partial charge in [-0.15, -0.1) is 4.31 Å². The van der Waals surface area contributed by atoms with Gasteiger partial charge in [-0.25, -0.2) is 18.2 Å². The number of aromatic nitrogens is 3. The summed E-state index contributed by atoms with van der Waals surface area (Å²) in [5.41, 5.74) is -0.933. The monoisotopic (exact) mass is 410 g/mol. The van der Waals surface area contributed by atoms with Gasteiger partial charge in [-0.3, -0.25) is 0 Å². The molecule has 27 heavy (non-hydrogen) atoms. The molecule has 3 aromatic rings. The molecule has 0 saturated heterocycles. The number of carbonyl (C=O) groups excluding carboxylic acids is 1. The molecule has 0 radical (unpaired) electrons. The van der Waals surface area contributed by atoms with Crippen LogP contribution in [0.5, 0.6) is 0 Å². The van der Waals surface area contributed by atoms with Crippen LogP contribution in [0.15, 0.2) is 46.3 Å². The zero-order valence-electron chi connectivity index (χ0n) is 14.6. The van der Waals surface area contributed by atoms with Crippen LogP contribution in [0, 0.1) is 0 Å². The molecule has 0 aliphatic carbocycles. The van der Waals surface area contributed by atoms with Gasteiger partial charge in [0.2, 0.25) is 6.39 Å². The minimum absolute atomic E-state index is 0.173. The van der Waals surface area contributed by atoms with E-state index >= 15 is 0 Å². The maximum atomic E-state index is 13.1. The van der Waals surface area contributed by atoms with Gasteiger partial charge in [-0.2, -0.15) is 4.98 Å². The van der Waals surface area contributed by atoms with Crippen molar-refractivity contribution >= 4 is 44.4 Å². The molecule has 0 spiro atoms. The molecule has 1 aromatic carbocycles. The summed E-state index contributed by atoms with van der Waals surface area (Å²) in [4.78, 5) is 20.0. The predicted molar refractivity (Wildman–Crippen MR) is 96.9 cm³/mol. The van der Waals surface area contributed by atoms with Gasteiger partial charge >= 0.3 is 6.09 Å². The summed E-state index contributed by atoms with van der Waals surface area (Å²) in [5.74, 6) is -0.461. The number of anilines is 1. The lowest BCUT2D eigenvalue weighted by Gasteiger charge is -2.24. The zero-order chi connectivity index (χ0) is 19.8. The first-order valence-corrected chi connectivity index (χ1v) is 9.50. The van der Waals surface area contributed by atoms with Gasteiger partial charge in [-0.05, 0) is 55.6 Å². The first kappa shape index (κ1) is 19.1. The highest BCUT2D eigenvalue weighted by molar-refractivity contribution is 7.93. The van der Waals surface area contributed by atoms with E-state index in [1.54, 1.807) is 26.8 Å². The number of amides is 1. The molecule has 11 heteroatoms. The molecule has 0 aliphatic heterocycles. The second-order valence-electron chi connectivity index (χ2n) is 6.47. The Labute approximate surface area is 159 Å². The third-order valence-electron chi connectivity index (χ3n) is 3.32. The Morgan fingerprint density at radius 3 is 2.59 bits per heavy atom. The highest BCUT2D eigenvalue weighted by atomic mass is 35.5. The predicted octanol–water partition coefficient (Wildman–Crippen LogP) is 3.40. The van der Waals surface area contributed by atoms with E-state index in [0.29, 0.717) is 15.1 Å². The Morgan fingerprint density at radius 1 is 1.22 bits per heavy atom. The number of fused-ring (bicyclic) bond motifs is 1. The molecule has 0 unspecified atom stereocenters. The summed E-state index contributed by atoms with van der Waals surface area (Å²) in [6.45, 7) is 4.82. The molecule has 0 bridgehead atoms. The van der Waals surface area contributed by atoms with Crippen molar-refractivity contribution in [1.29, 1.82) is 0 Å². The van der Waals surface area contributed by atoms with E-state index in [1.165, 1.54) is 24.4 Å². The topological polar surface area (TPSA) is 115 Å². The van der Waals surface area contributed by atoms with Crippen LogP contribution < -0.4 is 4.31 Å². The second kappa shape index (κ2) is 6.78. The quantitative estimate of drug-likeness (QED) is 0.603. The lowest BCUT2D eigenvalue weighted by Crippen LogP contribution is -2.41. The maximum absolute atomic E-state index is 13.1. The third kappa shape index (κ3) is 3.86. The third-order valence-corrected chi connectivity index (χ3v) is 5.26. The number of hydrogen-bond acceptors (Lipinski definition) is 8. The molecular formula is C16H15ClN4O5S. The van der Waals surface area contributed by atoms with Crippen molar-refractivity contribution in [3.63, 3.8) is 0 Å². The van der Waals surface area contributed by atoms with Crippen LogP contribution in [0.4, 0.5) is 10.7 Å². The summed E-state index contributed by atoms with van der Waals surface area (Å²) in [6.07, 6.45) is 1.21. The number of rotatable bonds is 3. The van der Waals surface area contributed by atoms with Crippen LogP contribution in [0.2, 0.25) is 5.15 Å². The molecule has 0 aliphatic rings. The van der Waals surface area contributed by atoms with Gasteiger partial charge in [0.15, 0.2) is 0 Å². The standard InChI is InChI=1S/C16H15ClN4O5S/c1-16(2,3)26-15(22)21(14-19-9-25-20-14)27(23,24)11-4-5-12-10(8-11)6-7-18-13(12)17/h4-9H,1-3H3. The van der Waals surface area contributed by atoms with Gasteiger partial charge < -0.3 is 9.26 Å². The van der Waals surface area contributed by atoms with Crippen LogP contribution in [0.1, 0.15) is 20.8 Å². The van der Waals surface area contributed by atoms with Crippen molar-refractivity contribution in [1.82, 2.24) is 15.1 Å². The molecule has 2 aromatic heterocycles. The van der Waals surface area contributed by atoms with Crippen LogP contribution in [0.25, 0.3) is 10.8 Å². The lowest BCUT2D eigenvalue weighted by molar-refractivity contribution is 0.0606. The summed E-state index contributed by atoms with van der Waals surface area (Å²) >= 11 is 6.01. The number of pyridine rings is 1. The van der Waals surface area contributed by atoms with E-state index in [1.807, 2.05) is 0 Å². The van der Waals surface area contributed by atoms with E-state index in [4.69, 9.17) is 16.3 Å². The number of sulfonamides is 1. The average molecular weight is 411 g/mol. The molecule has 2 heterocycles. The van der Waals surface area contributed by atoms with Crippen molar-refractivity contribution < 1.29 is 22.5 Å². The van der Waals surface area contributed by atoms with Crippen molar-refractivity contribution in [3.05, 3.63) is 42.0 Å². The van der Waals surface area contributed by atoms with Crippen LogP contribution >= 0.6 is 11.6 Å². The van der Waals surface area contributed by atoms with Crippen LogP contribution in [-0.2, 0) is 14.8 Å². The van der Waals surface area contributed by atoms with Crippen molar-refractivity contribution in [2.45, 2.75) is 31.3 Å². The largest absolute Gasteiger partial charge is 0.443 e. The molecule has 0 atom stereocenters. The number of halogens is 1. The molecule has 0 saturated carbocycles. The fraction of sp³-hybridized carbons (Fsp3) is 0.250. The van der Waals surface area contributed by atoms with Crippen molar-refractivity contribution in [2.75, 3.05) is 4.31 Å². The molecule has 9 nitrogen and oxygen atoms in total. The Bertz CT molecular complexity index is 1090. The maximum Gasteiger partial charge on any atom is 0.431 e. The van der Waals surface area contributed by atoms with Gasteiger partial charge in [0, 0.05) is 11.6 Å². The molecule has 142 valence electrons. The minimum Gasteiger partial charge on any atom is -0.443 e. The normalized spacial score (nSPS) is 12.1. The highest BCUT2D eigenvalue weighted by Gasteiger charge is 2.37. The van der Waals surface area contributed by atoms with E-state index < -0.39 is 27.7 Å². The number of benzene rings is 1. The number of hydrogen-bond donors (Lipinski definition) is 0. The van der Waals surface area contributed by atoms with Crippen LogP contribution in [0.3, 0.4) is 0 Å². The Balaban J connectivity index is 2.12. The molecule has 0 N–H and O–H groups in total. The van der Waals surface area contributed by atoms with Gasteiger partial charge in [-0.1, -0.05) is 11.6 Å². The van der Waals surface area contributed by atoms with Gasteiger partial charge in [0.25, 0.3) is 16.0 Å². The van der Waals surface area contributed by atoms with Gasteiger partial charge in [0.1, 0.15) is 10.8 Å². The SMILES string of the molecule is CC(C)(C)OC(=O)N(c1ncon1)S(=O)(=O)c1ccc2c(Cl)nccc2c1. The van der Waals surface area contributed by atoms with Crippen molar-refractivity contribution in [2.24, 2.45) is 0 Å². The fourth-order valence-corrected chi connectivity index (χ4v) is 3.71. The Hall–Kier alpha value is -2.72. The first-order valence-electron chi connectivity index (χ1n) is 7.68. The van der Waals surface area contributed by atoms with Crippen LogP contribution in [-0.4, -0.2) is 35.2 Å². The highest BCUT2D eigenvalue weighted by Crippen LogP contribution is 2.28. The smallest absolute Gasteiger partial charge is 0.431 e. The molecular weight excluding hydrogens is 396 g/mol. The molecule has 0 fully saturated rings. The summed E-state index contributed by atoms with van der Waals surface area (Å²) in [6, 6.07) is 5.78. The van der Waals surface area contributed by atoms with E-state index in [-0.39, 0.29) is 10.0 Å². The van der Waals surface area contributed by atoms with Crippen molar-refractivity contribution in [3.8, 4) is 0 Å². The Morgan fingerprint density at radius 2 is 1.96 bits per heavy atom. The van der Waals surface area contributed by atoms with E-state index in [2.05, 4.69) is 19.6 Å². The minimum atomic E-state index is -4.39. The summed E-state index contributed by atoms with van der Waals surface area (Å²) < 4.78 is 36.4. The molecule has 3 rings (SSSR count).